The molecule has 4 rings (SSSR count). The number of fused-ring (bicyclic) bond motifs is 1. The van der Waals surface area contributed by atoms with Gasteiger partial charge in [-0.25, -0.2) is 23.1 Å². The van der Waals surface area contributed by atoms with Crippen LogP contribution in [0, 0.1) is 0 Å². The number of cyclic esters (lactones) is 1. The number of ether oxygens (including phenoxy) is 3. The Morgan fingerprint density at radius 1 is 1.11 bits per heavy atom. The topological polar surface area (TPSA) is 146 Å². The van der Waals surface area contributed by atoms with Gasteiger partial charge in [0.1, 0.15) is 11.3 Å². The van der Waals surface area contributed by atoms with Gasteiger partial charge in [-0.3, -0.25) is 18.9 Å². The summed E-state index contributed by atoms with van der Waals surface area (Å²) in [6, 6.07) is 10.9. The van der Waals surface area contributed by atoms with E-state index in [2.05, 4.69) is 9.71 Å². The van der Waals surface area contributed by atoms with E-state index in [1.165, 1.54) is 35.9 Å². The second-order valence-corrected chi connectivity index (χ2v) is 10.3. The molecule has 1 saturated heterocycles. The first-order valence-electron chi connectivity index (χ1n) is 11.3. The van der Waals surface area contributed by atoms with E-state index in [1.54, 1.807) is 18.2 Å². The molecule has 1 aliphatic rings. The van der Waals surface area contributed by atoms with Crippen LogP contribution in [0.2, 0.25) is 0 Å². The number of imide groups is 1. The highest BCUT2D eigenvalue weighted by Gasteiger charge is 2.46. The van der Waals surface area contributed by atoms with Gasteiger partial charge in [0.25, 0.3) is 11.5 Å². The fraction of sp³-hybridized carbons (Fsp3) is 0.333. The predicted molar refractivity (Wildman–Crippen MR) is 135 cm³/mol. The van der Waals surface area contributed by atoms with Gasteiger partial charge in [-0.15, -0.1) is 0 Å². The molecule has 37 heavy (non-hydrogen) atoms. The average molecular weight is 531 g/mol. The van der Waals surface area contributed by atoms with Gasteiger partial charge in [-0.1, -0.05) is 18.2 Å². The third-order valence-corrected chi connectivity index (χ3v) is 6.07. The molecule has 1 N–H and O–H groups in total. The summed E-state index contributed by atoms with van der Waals surface area (Å²) in [6.45, 7) is 3.79. The van der Waals surface area contributed by atoms with E-state index in [9.17, 15) is 22.8 Å². The predicted octanol–water partition coefficient (Wildman–Crippen LogP) is 2.43. The van der Waals surface area contributed by atoms with Crippen LogP contribution in [0.3, 0.4) is 0 Å². The minimum atomic E-state index is -3.71. The van der Waals surface area contributed by atoms with Crippen LogP contribution in [0.25, 0.3) is 10.9 Å². The minimum absolute atomic E-state index is 0.00791. The van der Waals surface area contributed by atoms with Gasteiger partial charge in [-0.05, 0) is 38.1 Å². The summed E-state index contributed by atoms with van der Waals surface area (Å²) in [6.07, 6.45) is -1.70. The molecule has 3 aromatic rings. The Morgan fingerprint density at radius 2 is 1.84 bits per heavy atom. The number of carbonyl (C=O) groups excluding carboxylic acids is 2. The van der Waals surface area contributed by atoms with Crippen molar-refractivity contribution in [3.63, 3.8) is 0 Å². The van der Waals surface area contributed by atoms with Gasteiger partial charge in [0, 0.05) is 0 Å². The van der Waals surface area contributed by atoms with E-state index >= 15 is 0 Å². The molecule has 196 valence electrons. The molecular formula is C24H26N4O8S. The number of nitrogens with one attached hydrogen (secondary N) is 1. The van der Waals surface area contributed by atoms with Crippen LogP contribution in [-0.4, -0.2) is 56.0 Å². The lowest BCUT2D eigenvalue weighted by atomic mass is 10.2. The average Bonchev–Trinajstić information content (AvgIpc) is 3.13. The molecule has 2 heterocycles. The van der Waals surface area contributed by atoms with Crippen molar-refractivity contribution in [1.29, 1.82) is 0 Å². The van der Waals surface area contributed by atoms with Gasteiger partial charge < -0.3 is 14.2 Å². The summed E-state index contributed by atoms with van der Waals surface area (Å²) in [5.41, 5.74) is -0.334. The summed E-state index contributed by atoms with van der Waals surface area (Å²) in [7, 11) is -2.31. The maximum atomic E-state index is 13.5. The van der Waals surface area contributed by atoms with E-state index in [0.29, 0.717) is 0 Å². The Hall–Kier alpha value is -3.97. The highest BCUT2D eigenvalue weighted by molar-refractivity contribution is 7.92. The summed E-state index contributed by atoms with van der Waals surface area (Å²) in [5.74, 6) is -0.682. The zero-order valence-electron chi connectivity index (χ0n) is 20.6. The molecule has 2 amide bonds. The number of methoxy groups -OCH3 is 1. The van der Waals surface area contributed by atoms with E-state index in [1.807, 2.05) is 13.8 Å². The number of amides is 2. The lowest BCUT2D eigenvalue weighted by Gasteiger charge is -2.18. The molecule has 1 fully saturated rings. The lowest BCUT2D eigenvalue weighted by molar-refractivity contribution is -0.122. The Balaban J connectivity index is 1.88. The van der Waals surface area contributed by atoms with E-state index in [4.69, 9.17) is 14.2 Å². The first-order valence-corrected chi connectivity index (χ1v) is 13.2. The van der Waals surface area contributed by atoms with Crippen LogP contribution in [-0.2, 0) is 30.8 Å². The number of anilines is 2. The number of carbonyl (C=O) groups is 2. The second-order valence-electron chi connectivity index (χ2n) is 8.53. The summed E-state index contributed by atoms with van der Waals surface area (Å²) in [4.78, 5) is 45.2. The van der Waals surface area contributed by atoms with Crippen LogP contribution >= 0.6 is 0 Å². The Labute approximate surface area is 212 Å². The van der Waals surface area contributed by atoms with Crippen LogP contribution < -0.4 is 19.9 Å². The summed E-state index contributed by atoms with van der Waals surface area (Å²) in [5, 5.41) is 0.111. The number of hydrogen-bond acceptors (Lipinski definition) is 9. The van der Waals surface area contributed by atoms with Crippen molar-refractivity contribution < 1.29 is 32.2 Å². The molecule has 0 bridgehead atoms. The number of sulfonamides is 1. The molecule has 1 unspecified atom stereocenters. The minimum Gasteiger partial charge on any atom is -0.495 e. The van der Waals surface area contributed by atoms with Gasteiger partial charge >= 0.3 is 6.09 Å². The van der Waals surface area contributed by atoms with Crippen molar-refractivity contribution >= 4 is 44.3 Å². The lowest BCUT2D eigenvalue weighted by Crippen LogP contribution is -2.33. The summed E-state index contributed by atoms with van der Waals surface area (Å²) < 4.78 is 43.7. The van der Waals surface area contributed by atoms with Crippen LogP contribution in [0.15, 0.2) is 47.3 Å². The standard InChI is InChI=1S/C24H26N4O8S/c1-14(2)35-13-12-27-21(25-19-15(22(27)29)8-7-9-16(19)26-37(4,32)33)20-23(30)28(24(31)36-20)17-10-5-6-11-18(17)34-3/h5-11,14,20,26H,12-13H2,1-4H3. The maximum absolute atomic E-state index is 13.5. The van der Waals surface area contributed by atoms with E-state index in [-0.39, 0.29) is 53.1 Å². The quantitative estimate of drug-likeness (QED) is 0.441. The van der Waals surface area contributed by atoms with Crippen molar-refractivity contribution in [2.24, 2.45) is 0 Å². The van der Waals surface area contributed by atoms with E-state index < -0.39 is 33.7 Å². The molecule has 1 aliphatic heterocycles. The monoisotopic (exact) mass is 530 g/mol. The van der Waals surface area contributed by atoms with Gasteiger partial charge in [0.15, 0.2) is 5.82 Å². The molecule has 13 heteroatoms. The van der Waals surface area contributed by atoms with Crippen molar-refractivity contribution in [2.45, 2.75) is 32.6 Å². The Morgan fingerprint density at radius 3 is 2.51 bits per heavy atom. The third-order valence-electron chi connectivity index (χ3n) is 5.48. The largest absolute Gasteiger partial charge is 0.495 e. The molecule has 0 spiro atoms. The second kappa shape index (κ2) is 10.2. The van der Waals surface area contributed by atoms with Crippen molar-refractivity contribution in [3.8, 4) is 5.75 Å². The van der Waals surface area contributed by atoms with Crippen molar-refractivity contribution in [3.05, 3.63) is 58.6 Å². The van der Waals surface area contributed by atoms with Gasteiger partial charge in [0.05, 0.1) is 49.4 Å². The Kier molecular flexibility index (Phi) is 7.18. The zero-order valence-corrected chi connectivity index (χ0v) is 21.4. The molecule has 1 aromatic heterocycles. The van der Waals surface area contributed by atoms with Crippen molar-refractivity contribution in [1.82, 2.24) is 9.55 Å². The smallest absolute Gasteiger partial charge is 0.422 e. The molecule has 0 radical (unpaired) electrons. The normalized spacial score (nSPS) is 15.9. The maximum Gasteiger partial charge on any atom is 0.422 e. The number of nitrogens with zero attached hydrogens (tertiary/aromatic N) is 3. The first kappa shape index (κ1) is 26.1. The number of aromatic nitrogens is 2. The van der Waals surface area contributed by atoms with Gasteiger partial charge in [-0.2, -0.15) is 0 Å². The number of hydrogen-bond donors (Lipinski definition) is 1. The molecule has 2 aromatic carbocycles. The van der Waals surface area contributed by atoms with Crippen LogP contribution in [0.5, 0.6) is 5.75 Å². The SMILES string of the molecule is COc1ccccc1N1C(=O)OC(c2nc3c(NS(C)(=O)=O)cccc3c(=O)n2CCOC(C)C)C1=O. The molecular weight excluding hydrogens is 504 g/mol. The van der Waals surface area contributed by atoms with Gasteiger partial charge in [0.2, 0.25) is 16.1 Å². The fourth-order valence-electron chi connectivity index (χ4n) is 3.94. The number of para-hydroxylation sites is 3. The van der Waals surface area contributed by atoms with Crippen molar-refractivity contribution in [2.75, 3.05) is 29.6 Å². The zero-order chi connectivity index (χ0) is 26.9. The Bertz CT molecular complexity index is 1530. The molecule has 0 aliphatic carbocycles. The molecule has 1 atom stereocenters. The fourth-order valence-corrected chi connectivity index (χ4v) is 4.51. The number of rotatable bonds is 9. The summed E-state index contributed by atoms with van der Waals surface area (Å²) >= 11 is 0. The third kappa shape index (κ3) is 5.27. The highest BCUT2D eigenvalue weighted by Crippen LogP contribution is 2.36. The van der Waals surface area contributed by atoms with E-state index in [0.717, 1.165) is 11.2 Å². The van der Waals surface area contributed by atoms with Crippen LogP contribution in [0.4, 0.5) is 16.2 Å². The molecule has 12 nitrogen and oxygen atoms in total. The first-order chi connectivity index (χ1) is 17.5. The van der Waals surface area contributed by atoms with Crippen LogP contribution in [0.1, 0.15) is 25.8 Å². The molecule has 0 saturated carbocycles. The number of benzene rings is 2. The highest BCUT2D eigenvalue weighted by atomic mass is 32.2.